The number of fused-ring (bicyclic) bond motifs is 1. The van der Waals surface area contributed by atoms with Crippen molar-refractivity contribution in [2.24, 2.45) is 0 Å². The molecule has 3 aromatic rings. The highest BCUT2D eigenvalue weighted by atomic mass is 35.5. The van der Waals surface area contributed by atoms with Gasteiger partial charge in [0, 0.05) is 11.3 Å². The van der Waals surface area contributed by atoms with Crippen molar-refractivity contribution >= 4 is 22.9 Å². The maximum atomic E-state index is 6.02. The van der Waals surface area contributed by atoms with E-state index >= 15 is 0 Å². The normalized spacial score (nSPS) is 10.9. The number of hydrogen-bond donors (Lipinski definition) is 1. The molecule has 0 radical (unpaired) electrons. The van der Waals surface area contributed by atoms with Gasteiger partial charge in [0.2, 0.25) is 0 Å². The molecule has 0 saturated heterocycles. The zero-order valence-electron chi connectivity index (χ0n) is 8.84. The molecule has 0 atom stereocenters. The molecule has 0 bridgehead atoms. The molecule has 0 aliphatic carbocycles. The fourth-order valence-corrected chi connectivity index (χ4v) is 1.83. The molecule has 0 aliphatic heterocycles. The SMILES string of the molecule is Nc1ccc(-c2nc3cccc(Cl)n3n2)cc1. The standard InChI is InChI=1S/C12H9ClN4/c13-10-2-1-3-11-15-12(16-17(10)11)8-4-6-9(14)7-5-8/h1-7H,14H2. The van der Waals surface area contributed by atoms with Crippen LogP contribution in [0, 0.1) is 0 Å². The van der Waals surface area contributed by atoms with Crippen LogP contribution in [0.2, 0.25) is 5.15 Å². The highest BCUT2D eigenvalue weighted by Gasteiger charge is 2.07. The Morgan fingerprint density at radius 2 is 1.82 bits per heavy atom. The van der Waals surface area contributed by atoms with Gasteiger partial charge in [0.15, 0.2) is 11.5 Å². The Kier molecular flexibility index (Phi) is 2.23. The van der Waals surface area contributed by atoms with Gasteiger partial charge in [-0.05, 0) is 36.4 Å². The summed E-state index contributed by atoms with van der Waals surface area (Å²) in [5.41, 5.74) is 8.00. The summed E-state index contributed by atoms with van der Waals surface area (Å²) < 4.78 is 1.60. The van der Waals surface area contributed by atoms with Crippen LogP contribution >= 0.6 is 11.6 Å². The summed E-state index contributed by atoms with van der Waals surface area (Å²) in [5, 5.41) is 4.88. The first-order chi connectivity index (χ1) is 8.24. The van der Waals surface area contributed by atoms with Crippen molar-refractivity contribution in [3.05, 3.63) is 47.6 Å². The largest absolute Gasteiger partial charge is 0.399 e. The third kappa shape index (κ3) is 1.72. The lowest BCUT2D eigenvalue weighted by Crippen LogP contribution is -1.88. The van der Waals surface area contributed by atoms with Crippen LogP contribution in [0.3, 0.4) is 0 Å². The van der Waals surface area contributed by atoms with Crippen LogP contribution in [0.15, 0.2) is 42.5 Å². The highest BCUT2D eigenvalue weighted by molar-refractivity contribution is 6.29. The third-order valence-corrected chi connectivity index (χ3v) is 2.77. The van der Waals surface area contributed by atoms with Gasteiger partial charge in [-0.15, -0.1) is 5.10 Å². The van der Waals surface area contributed by atoms with Crippen molar-refractivity contribution in [1.82, 2.24) is 14.6 Å². The number of rotatable bonds is 1. The second-order valence-corrected chi connectivity index (χ2v) is 4.06. The molecule has 4 nitrogen and oxygen atoms in total. The third-order valence-electron chi connectivity index (χ3n) is 2.48. The lowest BCUT2D eigenvalue weighted by atomic mass is 10.2. The lowest BCUT2D eigenvalue weighted by molar-refractivity contribution is 0.966. The smallest absolute Gasteiger partial charge is 0.182 e. The number of nitrogen functional groups attached to an aromatic ring is 1. The van der Waals surface area contributed by atoms with Gasteiger partial charge in [0.25, 0.3) is 0 Å². The average molecular weight is 245 g/mol. The summed E-state index contributed by atoms with van der Waals surface area (Å²) in [6.07, 6.45) is 0. The molecule has 1 aromatic carbocycles. The molecule has 5 heteroatoms. The van der Waals surface area contributed by atoms with Gasteiger partial charge >= 0.3 is 0 Å². The second-order valence-electron chi connectivity index (χ2n) is 3.68. The van der Waals surface area contributed by atoms with Crippen LogP contribution in [-0.2, 0) is 0 Å². The van der Waals surface area contributed by atoms with Gasteiger partial charge in [-0.1, -0.05) is 17.7 Å². The Balaban J connectivity index is 2.18. The summed E-state index contributed by atoms with van der Waals surface area (Å²) in [4.78, 5) is 4.40. The molecule has 3 rings (SSSR count). The minimum Gasteiger partial charge on any atom is -0.399 e. The van der Waals surface area contributed by atoms with E-state index in [9.17, 15) is 0 Å². The predicted molar refractivity (Wildman–Crippen MR) is 67.8 cm³/mol. The number of pyridine rings is 1. The summed E-state index contributed by atoms with van der Waals surface area (Å²) in [7, 11) is 0. The lowest BCUT2D eigenvalue weighted by Gasteiger charge is -1.95. The maximum absolute atomic E-state index is 6.02. The summed E-state index contributed by atoms with van der Waals surface area (Å²) in [5.74, 6) is 0.637. The van der Waals surface area contributed by atoms with E-state index in [4.69, 9.17) is 17.3 Å². The first kappa shape index (κ1) is 10.1. The number of aromatic nitrogens is 3. The molecular weight excluding hydrogens is 236 g/mol. The van der Waals surface area contributed by atoms with E-state index in [0.717, 1.165) is 16.9 Å². The van der Waals surface area contributed by atoms with E-state index in [-0.39, 0.29) is 0 Å². The minimum absolute atomic E-state index is 0.539. The molecule has 0 amide bonds. The molecule has 2 heterocycles. The molecule has 0 fully saturated rings. The van der Waals surface area contributed by atoms with Crippen molar-refractivity contribution in [2.75, 3.05) is 5.73 Å². The van der Waals surface area contributed by atoms with Crippen LogP contribution in [0.5, 0.6) is 0 Å². The Bertz CT molecular complexity index is 673. The number of halogens is 1. The van der Waals surface area contributed by atoms with Crippen LogP contribution in [0.25, 0.3) is 17.0 Å². The molecule has 0 spiro atoms. The van der Waals surface area contributed by atoms with Gasteiger partial charge in [0.05, 0.1) is 0 Å². The van der Waals surface area contributed by atoms with Crippen molar-refractivity contribution in [2.45, 2.75) is 0 Å². The summed E-state index contributed by atoms with van der Waals surface area (Å²) in [6, 6.07) is 12.9. The topological polar surface area (TPSA) is 56.2 Å². The Morgan fingerprint density at radius 3 is 2.53 bits per heavy atom. The van der Waals surface area contributed by atoms with Gasteiger partial charge in [-0.3, -0.25) is 0 Å². The number of hydrogen-bond acceptors (Lipinski definition) is 3. The monoisotopic (exact) mass is 244 g/mol. The minimum atomic E-state index is 0.539. The summed E-state index contributed by atoms with van der Waals surface area (Å²) in [6.45, 7) is 0. The zero-order valence-corrected chi connectivity index (χ0v) is 9.59. The molecular formula is C12H9ClN4. The Labute approximate surface area is 103 Å². The molecule has 0 unspecified atom stereocenters. The van der Waals surface area contributed by atoms with Crippen LogP contribution in [-0.4, -0.2) is 14.6 Å². The maximum Gasteiger partial charge on any atom is 0.182 e. The zero-order chi connectivity index (χ0) is 11.8. The fourth-order valence-electron chi connectivity index (χ4n) is 1.63. The predicted octanol–water partition coefficient (Wildman–Crippen LogP) is 2.63. The number of anilines is 1. The van der Waals surface area contributed by atoms with E-state index in [1.54, 1.807) is 10.6 Å². The summed E-state index contributed by atoms with van der Waals surface area (Å²) >= 11 is 6.02. The van der Waals surface area contributed by atoms with E-state index in [1.807, 2.05) is 36.4 Å². The second kappa shape index (κ2) is 3.75. The van der Waals surface area contributed by atoms with E-state index in [0.29, 0.717) is 11.0 Å². The van der Waals surface area contributed by atoms with E-state index in [1.165, 1.54) is 0 Å². The van der Waals surface area contributed by atoms with Gasteiger partial charge in [-0.25, -0.2) is 9.50 Å². The first-order valence-electron chi connectivity index (χ1n) is 5.11. The van der Waals surface area contributed by atoms with E-state index in [2.05, 4.69) is 10.1 Å². The van der Waals surface area contributed by atoms with Crippen molar-refractivity contribution in [3.63, 3.8) is 0 Å². The number of benzene rings is 1. The van der Waals surface area contributed by atoms with Gasteiger partial charge in [0.1, 0.15) is 5.15 Å². The fraction of sp³-hybridized carbons (Fsp3) is 0. The quantitative estimate of drug-likeness (QED) is 0.529. The van der Waals surface area contributed by atoms with Crippen molar-refractivity contribution < 1.29 is 0 Å². The molecule has 17 heavy (non-hydrogen) atoms. The Hall–Kier alpha value is -2.07. The number of nitrogens with two attached hydrogens (primary N) is 1. The molecule has 2 N–H and O–H groups in total. The van der Waals surface area contributed by atoms with Crippen molar-refractivity contribution in [1.29, 1.82) is 0 Å². The molecule has 2 aromatic heterocycles. The van der Waals surface area contributed by atoms with E-state index < -0.39 is 0 Å². The average Bonchev–Trinajstić information content (AvgIpc) is 2.75. The molecule has 84 valence electrons. The molecule has 0 saturated carbocycles. The molecule has 0 aliphatic rings. The van der Waals surface area contributed by atoms with Crippen LogP contribution < -0.4 is 5.73 Å². The van der Waals surface area contributed by atoms with Crippen molar-refractivity contribution in [3.8, 4) is 11.4 Å². The van der Waals surface area contributed by atoms with Gasteiger partial charge in [-0.2, -0.15) is 0 Å². The number of nitrogens with zero attached hydrogens (tertiary/aromatic N) is 3. The first-order valence-corrected chi connectivity index (χ1v) is 5.49. The van der Waals surface area contributed by atoms with Gasteiger partial charge < -0.3 is 5.73 Å². The highest BCUT2D eigenvalue weighted by Crippen LogP contribution is 2.19. The van der Waals surface area contributed by atoms with Crippen LogP contribution in [0.1, 0.15) is 0 Å². The van der Waals surface area contributed by atoms with Crippen LogP contribution in [0.4, 0.5) is 5.69 Å². The Morgan fingerprint density at radius 1 is 1.06 bits per heavy atom.